The highest BCUT2D eigenvalue weighted by molar-refractivity contribution is 7.92. The summed E-state index contributed by atoms with van der Waals surface area (Å²) in [7, 11) is -4.39. The van der Waals surface area contributed by atoms with Crippen LogP contribution in [-0.2, 0) is 26.2 Å². The van der Waals surface area contributed by atoms with Crippen LogP contribution in [0.5, 0.6) is 11.5 Å². The number of carbonyl (C=O) groups excluding carboxylic acids is 2. The van der Waals surface area contributed by atoms with Gasteiger partial charge in [0, 0.05) is 18.7 Å². The molecule has 0 spiro atoms. The van der Waals surface area contributed by atoms with Crippen LogP contribution in [0.1, 0.15) is 38.2 Å². The van der Waals surface area contributed by atoms with E-state index in [1.54, 1.807) is 25.1 Å². The van der Waals surface area contributed by atoms with Crippen molar-refractivity contribution in [2.24, 2.45) is 0 Å². The average molecular weight is 665 g/mol. The molecular weight excluding hydrogens is 632 g/mol. The zero-order valence-electron chi connectivity index (χ0n) is 24.0. The maximum Gasteiger partial charge on any atom is 0.264 e. The summed E-state index contributed by atoms with van der Waals surface area (Å²) in [6, 6.07) is 12.9. The lowest BCUT2D eigenvalue weighted by Crippen LogP contribution is -2.52. The van der Waals surface area contributed by atoms with Crippen molar-refractivity contribution < 1.29 is 31.9 Å². The van der Waals surface area contributed by atoms with E-state index in [2.05, 4.69) is 5.32 Å². The molecule has 3 aromatic carbocycles. The Morgan fingerprint density at radius 2 is 1.64 bits per heavy atom. The number of rotatable bonds is 10. The SMILES string of the molecule is CC(C(=O)NC1CCCC1)N(Cc1ccc(Cl)c(Cl)c1)C(=O)CN(c1ccc(F)cc1)S(=O)(=O)c1ccc2c(c1)OCCO2. The number of halogens is 3. The van der Waals surface area contributed by atoms with E-state index in [4.69, 9.17) is 32.7 Å². The standard InChI is InChI=1S/C31H32Cl2FN3O6S/c1-20(31(39)35-23-4-2-3-5-23)36(18-21-6-12-26(32)27(33)16-21)30(38)19-37(24-9-7-22(34)8-10-24)44(40,41)25-11-13-28-29(17-25)43-15-14-42-28/h6-13,16-17,20,23H,2-5,14-15,18-19H2,1H3,(H,35,39). The first-order chi connectivity index (χ1) is 21.0. The molecule has 9 nitrogen and oxygen atoms in total. The third-order valence-electron chi connectivity index (χ3n) is 7.70. The Morgan fingerprint density at radius 1 is 0.955 bits per heavy atom. The summed E-state index contributed by atoms with van der Waals surface area (Å²) in [4.78, 5) is 28.6. The summed E-state index contributed by atoms with van der Waals surface area (Å²) in [6.07, 6.45) is 3.72. The molecule has 3 aromatic rings. The third-order valence-corrected chi connectivity index (χ3v) is 10.2. The Labute approximate surface area is 265 Å². The summed E-state index contributed by atoms with van der Waals surface area (Å²) in [6.45, 7) is 1.45. The molecule has 1 atom stereocenters. The van der Waals surface area contributed by atoms with Gasteiger partial charge in [-0.05, 0) is 73.9 Å². The van der Waals surface area contributed by atoms with Crippen molar-refractivity contribution >= 4 is 50.7 Å². The molecule has 1 fully saturated rings. The van der Waals surface area contributed by atoms with Crippen LogP contribution in [0, 0.1) is 5.82 Å². The van der Waals surface area contributed by atoms with Crippen molar-refractivity contribution in [1.82, 2.24) is 10.2 Å². The highest BCUT2D eigenvalue weighted by Crippen LogP contribution is 2.34. The van der Waals surface area contributed by atoms with Crippen LogP contribution in [0.2, 0.25) is 10.0 Å². The monoisotopic (exact) mass is 663 g/mol. The maximum absolute atomic E-state index is 14.1. The minimum absolute atomic E-state index is 0.0122. The molecule has 1 saturated carbocycles. The van der Waals surface area contributed by atoms with Gasteiger partial charge in [-0.3, -0.25) is 13.9 Å². The van der Waals surface area contributed by atoms with E-state index in [0.717, 1.165) is 42.1 Å². The maximum atomic E-state index is 14.1. The average Bonchev–Trinajstić information content (AvgIpc) is 3.53. The summed E-state index contributed by atoms with van der Waals surface area (Å²) in [5.74, 6) is -0.935. The molecule has 1 N–H and O–H groups in total. The van der Waals surface area contributed by atoms with Crippen LogP contribution in [0.25, 0.3) is 0 Å². The van der Waals surface area contributed by atoms with Crippen molar-refractivity contribution in [3.8, 4) is 11.5 Å². The Bertz CT molecular complexity index is 1630. The molecule has 0 radical (unpaired) electrons. The minimum atomic E-state index is -4.39. The Balaban J connectivity index is 1.49. The molecule has 0 saturated heterocycles. The van der Waals surface area contributed by atoms with Gasteiger partial charge in [-0.1, -0.05) is 42.1 Å². The Kier molecular flexibility index (Phi) is 9.87. The first kappa shape index (κ1) is 31.9. The quantitative estimate of drug-likeness (QED) is 0.304. The van der Waals surface area contributed by atoms with Crippen molar-refractivity contribution in [2.75, 3.05) is 24.1 Å². The molecule has 0 bridgehead atoms. The van der Waals surface area contributed by atoms with E-state index in [1.165, 1.54) is 35.2 Å². The molecule has 0 aromatic heterocycles. The summed E-state index contributed by atoms with van der Waals surface area (Å²) in [5, 5.41) is 3.62. The van der Waals surface area contributed by atoms with E-state index >= 15 is 0 Å². The van der Waals surface area contributed by atoms with Crippen molar-refractivity contribution in [3.05, 3.63) is 82.1 Å². The van der Waals surface area contributed by atoms with Crippen molar-refractivity contribution in [3.63, 3.8) is 0 Å². The number of nitrogens with zero attached hydrogens (tertiary/aromatic N) is 2. The topological polar surface area (TPSA) is 105 Å². The van der Waals surface area contributed by atoms with Gasteiger partial charge in [0.05, 0.1) is 20.6 Å². The summed E-state index contributed by atoms with van der Waals surface area (Å²) >= 11 is 12.3. The highest BCUT2D eigenvalue weighted by Gasteiger charge is 2.34. The minimum Gasteiger partial charge on any atom is -0.486 e. The first-order valence-electron chi connectivity index (χ1n) is 14.2. The van der Waals surface area contributed by atoms with Crippen LogP contribution < -0.4 is 19.1 Å². The van der Waals surface area contributed by atoms with Gasteiger partial charge in [0.15, 0.2) is 11.5 Å². The van der Waals surface area contributed by atoms with Gasteiger partial charge in [0.1, 0.15) is 31.6 Å². The Morgan fingerprint density at radius 3 is 2.32 bits per heavy atom. The molecule has 234 valence electrons. The molecule has 1 unspecified atom stereocenters. The van der Waals surface area contributed by atoms with Crippen molar-refractivity contribution in [1.29, 1.82) is 0 Å². The van der Waals surface area contributed by atoms with E-state index in [0.29, 0.717) is 22.9 Å². The van der Waals surface area contributed by atoms with Gasteiger partial charge in [0.25, 0.3) is 10.0 Å². The smallest absolute Gasteiger partial charge is 0.264 e. The lowest BCUT2D eigenvalue weighted by atomic mass is 10.1. The third kappa shape index (κ3) is 7.22. The van der Waals surface area contributed by atoms with Gasteiger partial charge >= 0.3 is 0 Å². The fourth-order valence-corrected chi connectivity index (χ4v) is 7.01. The predicted octanol–water partition coefficient (Wildman–Crippen LogP) is 5.58. The van der Waals surface area contributed by atoms with Crippen molar-refractivity contribution in [2.45, 2.75) is 56.1 Å². The molecule has 13 heteroatoms. The van der Waals surface area contributed by atoms with Gasteiger partial charge in [-0.25, -0.2) is 12.8 Å². The van der Waals surface area contributed by atoms with E-state index in [-0.39, 0.29) is 46.5 Å². The molecule has 1 heterocycles. The second-order valence-electron chi connectivity index (χ2n) is 10.7. The number of hydrogen-bond acceptors (Lipinski definition) is 6. The van der Waals surface area contributed by atoms with Crippen LogP contribution in [-0.4, -0.2) is 57.0 Å². The number of hydrogen-bond donors (Lipinski definition) is 1. The van der Waals surface area contributed by atoms with Crippen LogP contribution in [0.15, 0.2) is 65.6 Å². The first-order valence-corrected chi connectivity index (χ1v) is 16.4. The second-order valence-corrected chi connectivity index (χ2v) is 13.4. The number of amides is 2. The number of fused-ring (bicyclic) bond motifs is 1. The van der Waals surface area contributed by atoms with Crippen LogP contribution >= 0.6 is 23.2 Å². The predicted molar refractivity (Wildman–Crippen MR) is 165 cm³/mol. The Hall–Kier alpha value is -3.54. The molecule has 1 aliphatic carbocycles. The van der Waals surface area contributed by atoms with E-state index < -0.39 is 34.3 Å². The fourth-order valence-electron chi connectivity index (χ4n) is 5.26. The number of nitrogens with one attached hydrogen (secondary N) is 1. The number of anilines is 1. The van der Waals surface area contributed by atoms with Crippen LogP contribution in [0.4, 0.5) is 10.1 Å². The van der Waals surface area contributed by atoms with Gasteiger partial charge < -0.3 is 19.7 Å². The largest absolute Gasteiger partial charge is 0.486 e. The van der Waals surface area contributed by atoms with Crippen LogP contribution in [0.3, 0.4) is 0 Å². The number of sulfonamides is 1. The highest BCUT2D eigenvalue weighted by atomic mass is 35.5. The lowest BCUT2D eigenvalue weighted by Gasteiger charge is -2.32. The van der Waals surface area contributed by atoms with Gasteiger partial charge in [0.2, 0.25) is 11.8 Å². The normalized spacial score (nSPS) is 15.5. The fraction of sp³-hybridized carbons (Fsp3) is 0.355. The van der Waals surface area contributed by atoms with E-state index in [9.17, 15) is 22.4 Å². The zero-order valence-corrected chi connectivity index (χ0v) is 26.3. The molecule has 44 heavy (non-hydrogen) atoms. The molecule has 5 rings (SSSR count). The summed E-state index contributed by atoms with van der Waals surface area (Å²) in [5.41, 5.74) is 0.656. The van der Waals surface area contributed by atoms with E-state index in [1.807, 2.05) is 0 Å². The van der Waals surface area contributed by atoms with Gasteiger partial charge in [-0.15, -0.1) is 0 Å². The van der Waals surface area contributed by atoms with Gasteiger partial charge in [-0.2, -0.15) is 0 Å². The zero-order chi connectivity index (χ0) is 31.4. The molecule has 1 aliphatic heterocycles. The second kappa shape index (κ2) is 13.6. The number of carbonyl (C=O) groups is 2. The number of ether oxygens (including phenoxy) is 2. The molecule has 2 aliphatic rings. The lowest BCUT2D eigenvalue weighted by molar-refractivity contribution is -0.139. The molecular formula is C31H32Cl2FN3O6S. The molecule has 2 amide bonds. The summed E-state index contributed by atoms with van der Waals surface area (Å²) < 4.78 is 54.0. The number of benzene rings is 3.